The van der Waals surface area contributed by atoms with Crippen LogP contribution < -0.4 is 20.3 Å². The average Bonchev–Trinajstić information content (AvgIpc) is 2.62. The lowest BCUT2D eigenvalue weighted by Crippen LogP contribution is -2.34. The molecule has 2 aromatic carbocycles. The number of aryl methyl sites for hydroxylation is 1. The maximum absolute atomic E-state index is 12.2. The van der Waals surface area contributed by atoms with Gasteiger partial charge in [0.05, 0.1) is 7.11 Å². The Morgan fingerprint density at radius 2 is 1.76 bits per heavy atom. The third kappa shape index (κ3) is 3.74. The Morgan fingerprint density at radius 1 is 1.08 bits per heavy atom. The molecule has 3 amide bonds. The molecule has 0 fully saturated rings. The molecule has 0 saturated carbocycles. The van der Waals surface area contributed by atoms with Gasteiger partial charge in [-0.1, -0.05) is 0 Å². The summed E-state index contributed by atoms with van der Waals surface area (Å²) in [6.07, 6.45) is 1.20. The Bertz CT molecular complexity index is 787. The molecule has 0 unspecified atom stereocenters. The van der Waals surface area contributed by atoms with Crippen LogP contribution in [0.2, 0.25) is 0 Å². The molecule has 25 heavy (non-hydrogen) atoms. The van der Waals surface area contributed by atoms with Gasteiger partial charge in [-0.2, -0.15) is 0 Å². The predicted octanol–water partition coefficient (Wildman–Crippen LogP) is 3.64. The number of hydrogen-bond donors (Lipinski definition) is 2. The lowest BCUT2D eigenvalue weighted by Gasteiger charge is -2.28. The lowest BCUT2D eigenvalue weighted by molar-refractivity contribution is -0.118. The topological polar surface area (TPSA) is 70.7 Å². The van der Waals surface area contributed by atoms with Crippen molar-refractivity contribution in [2.75, 3.05) is 29.2 Å². The molecule has 0 aliphatic carbocycles. The van der Waals surface area contributed by atoms with Gasteiger partial charge in [-0.05, 0) is 61.4 Å². The Kier molecular flexibility index (Phi) is 4.88. The second-order valence-electron chi connectivity index (χ2n) is 5.79. The van der Waals surface area contributed by atoms with E-state index < -0.39 is 0 Å². The summed E-state index contributed by atoms with van der Waals surface area (Å²) in [7, 11) is 1.60. The Balaban J connectivity index is 1.68. The number of methoxy groups -OCH3 is 1. The van der Waals surface area contributed by atoms with E-state index in [4.69, 9.17) is 4.74 Å². The number of rotatable bonds is 4. The van der Waals surface area contributed by atoms with Gasteiger partial charge in [0, 0.05) is 30.0 Å². The smallest absolute Gasteiger partial charge is 0.323 e. The van der Waals surface area contributed by atoms with Gasteiger partial charge in [-0.25, -0.2) is 4.79 Å². The number of anilines is 3. The number of urea groups is 1. The van der Waals surface area contributed by atoms with E-state index in [9.17, 15) is 9.59 Å². The summed E-state index contributed by atoms with van der Waals surface area (Å²) >= 11 is 0. The van der Waals surface area contributed by atoms with Crippen molar-refractivity contribution in [3.05, 3.63) is 48.0 Å². The van der Waals surface area contributed by atoms with Crippen LogP contribution >= 0.6 is 0 Å². The Morgan fingerprint density at radius 3 is 2.44 bits per heavy atom. The number of carbonyl (C=O) groups excluding carboxylic acids is 2. The van der Waals surface area contributed by atoms with Gasteiger partial charge < -0.3 is 20.3 Å². The normalized spacial score (nSPS) is 13.2. The van der Waals surface area contributed by atoms with Gasteiger partial charge in [0.25, 0.3) is 0 Å². The molecular formula is C19H21N3O3. The summed E-state index contributed by atoms with van der Waals surface area (Å²) in [5.41, 5.74) is 3.39. The van der Waals surface area contributed by atoms with Crippen LogP contribution in [0.25, 0.3) is 0 Å². The van der Waals surface area contributed by atoms with Gasteiger partial charge in [0.15, 0.2) is 0 Å². The average molecular weight is 339 g/mol. The first-order chi connectivity index (χ1) is 12.1. The van der Waals surface area contributed by atoms with Crippen LogP contribution in [-0.4, -0.2) is 25.6 Å². The van der Waals surface area contributed by atoms with Gasteiger partial charge in [-0.3, -0.25) is 4.79 Å². The monoisotopic (exact) mass is 339 g/mol. The minimum atomic E-state index is -0.315. The first-order valence-electron chi connectivity index (χ1n) is 8.26. The van der Waals surface area contributed by atoms with E-state index in [0.717, 1.165) is 17.0 Å². The molecule has 1 aliphatic heterocycles. The highest BCUT2D eigenvalue weighted by Crippen LogP contribution is 2.30. The summed E-state index contributed by atoms with van der Waals surface area (Å²) in [5, 5.41) is 5.61. The van der Waals surface area contributed by atoms with E-state index in [0.29, 0.717) is 30.8 Å². The number of benzene rings is 2. The quantitative estimate of drug-likeness (QED) is 0.893. The first-order valence-corrected chi connectivity index (χ1v) is 8.26. The van der Waals surface area contributed by atoms with Crippen LogP contribution in [0.4, 0.5) is 21.9 Å². The van der Waals surface area contributed by atoms with Crippen LogP contribution in [0, 0.1) is 0 Å². The molecule has 3 rings (SSSR count). The van der Waals surface area contributed by atoms with E-state index in [-0.39, 0.29) is 11.9 Å². The second-order valence-corrected chi connectivity index (χ2v) is 5.79. The van der Waals surface area contributed by atoms with Crippen LogP contribution in [0.15, 0.2) is 42.5 Å². The standard InChI is InChI=1S/C19H21N3O3/c1-3-22-17-10-7-15(12-13(17)4-11-18(22)23)21-19(24)20-14-5-8-16(25-2)9-6-14/h5-10,12H,3-4,11H2,1-2H3,(H2,20,21,24). The van der Waals surface area contributed by atoms with E-state index in [1.54, 1.807) is 36.3 Å². The third-order valence-corrected chi connectivity index (χ3v) is 4.20. The first kappa shape index (κ1) is 16.8. The number of nitrogens with one attached hydrogen (secondary N) is 2. The summed E-state index contributed by atoms with van der Waals surface area (Å²) in [4.78, 5) is 25.9. The number of fused-ring (bicyclic) bond motifs is 1. The number of nitrogens with zero attached hydrogens (tertiary/aromatic N) is 1. The van der Waals surface area contributed by atoms with Gasteiger partial charge >= 0.3 is 6.03 Å². The van der Waals surface area contributed by atoms with Crippen molar-refractivity contribution in [1.29, 1.82) is 0 Å². The molecule has 1 heterocycles. The van der Waals surface area contributed by atoms with Gasteiger partial charge in [0.2, 0.25) is 5.91 Å². The van der Waals surface area contributed by atoms with E-state index in [1.165, 1.54) is 0 Å². The van der Waals surface area contributed by atoms with E-state index in [2.05, 4.69) is 10.6 Å². The zero-order chi connectivity index (χ0) is 17.8. The SMILES string of the molecule is CCN1C(=O)CCc2cc(NC(=O)Nc3ccc(OC)cc3)ccc21. The van der Waals surface area contributed by atoms with Crippen molar-refractivity contribution >= 4 is 29.0 Å². The van der Waals surface area contributed by atoms with Crippen molar-refractivity contribution in [3.8, 4) is 5.75 Å². The zero-order valence-electron chi connectivity index (χ0n) is 14.3. The number of hydrogen-bond acceptors (Lipinski definition) is 3. The molecule has 130 valence electrons. The highest BCUT2D eigenvalue weighted by atomic mass is 16.5. The third-order valence-electron chi connectivity index (χ3n) is 4.20. The molecule has 0 spiro atoms. The van der Waals surface area contributed by atoms with Crippen molar-refractivity contribution in [2.24, 2.45) is 0 Å². The fourth-order valence-electron chi connectivity index (χ4n) is 2.95. The summed E-state index contributed by atoms with van der Waals surface area (Å²) in [5.74, 6) is 0.878. The fraction of sp³-hybridized carbons (Fsp3) is 0.263. The van der Waals surface area contributed by atoms with Crippen molar-refractivity contribution in [3.63, 3.8) is 0 Å². The van der Waals surface area contributed by atoms with Crippen LogP contribution in [0.1, 0.15) is 18.9 Å². The van der Waals surface area contributed by atoms with E-state index in [1.807, 2.05) is 25.1 Å². The number of ether oxygens (including phenoxy) is 1. The number of amides is 3. The van der Waals surface area contributed by atoms with Crippen LogP contribution in [-0.2, 0) is 11.2 Å². The predicted molar refractivity (Wildman–Crippen MR) is 98.4 cm³/mol. The molecule has 0 radical (unpaired) electrons. The van der Waals surface area contributed by atoms with Crippen molar-refractivity contribution in [2.45, 2.75) is 19.8 Å². The maximum atomic E-state index is 12.2. The lowest BCUT2D eigenvalue weighted by atomic mass is 10.0. The summed E-state index contributed by atoms with van der Waals surface area (Å²) < 4.78 is 5.09. The van der Waals surface area contributed by atoms with Gasteiger partial charge in [0.1, 0.15) is 5.75 Å². The molecular weight excluding hydrogens is 318 g/mol. The molecule has 2 N–H and O–H groups in total. The molecule has 0 aromatic heterocycles. The highest BCUT2D eigenvalue weighted by molar-refractivity contribution is 6.01. The molecule has 2 aromatic rings. The summed E-state index contributed by atoms with van der Waals surface area (Å²) in [6.45, 7) is 2.61. The Labute approximate surface area is 146 Å². The molecule has 6 heteroatoms. The maximum Gasteiger partial charge on any atom is 0.323 e. The number of carbonyl (C=O) groups is 2. The summed E-state index contributed by atoms with van der Waals surface area (Å²) in [6, 6.07) is 12.4. The van der Waals surface area contributed by atoms with E-state index >= 15 is 0 Å². The zero-order valence-corrected chi connectivity index (χ0v) is 14.3. The molecule has 6 nitrogen and oxygen atoms in total. The minimum absolute atomic E-state index is 0.146. The molecule has 0 bridgehead atoms. The van der Waals surface area contributed by atoms with Crippen LogP contribution in [0.3, 0.4) is 0 Å². The highest BCUT2D eigenvalue weighted by Gasteiger charge is 2.22. The van der Waals surface area contributed by atoms with Crippen LogP contribution in [0.5, 0.6) is 5.75 Å². The van der Waals surface area contributed by atoms with Crippen molar-refractivity contribution in [1.82, 2.24) is 0 Å². The largest absolute Gasteiger partial charge is 0.497 e. The fourth-order valence-corrected chi connectivity index (χ4v) is 2.95. The Hall–Kier alpha value is -3.02. The molecule has 0 saturated heterocycles. The second kappa shape index (κ2) is 7.25. The molecule has 1 aliphatic rings. The minimum Gasteiger partial charge on any atom is -0.497 e. The van der Waals surface area contributed by atoms with Crippen molar-refractivity contribution < 1.29 is 14.3 Å². The molecule has 0 atom stereocenters. The van der Waals surface area contributed by atoms with Gasteiger partial charge in [-0.15, -0.1) is 0 Å².